The van der Waals surface area contributed by atoms with Crippen LogP contribution in [0.1, 0.15) is 36.3 Å². The highest BCUT2D eigenvalue weighted by Crippen LogP contribution is 2.26. The molecule has 1 unspecified atom stereocenters. The third kappa shape index (κ3) is 3.47. The average Bonchev–Trinajstić information content (AvgIpc) is 3.13. The SMILES string of the molecule is COCc1nc(CSc2nnc(C3CCCNC3)n2C)no1. The zero-order valence-corrected chi connectivity index (χ0v) is 13.6. The quantitative estimate of drug-likeness (QED) is 0.790. The molecular weight excluding hydrogens is 304 g/mol. The summed E-state index contributed by atoms with van der Waals surface area (Å²) >= 11 is 1.56. The summed E-state index contributed by atoms with van der Waals surface area (Å²) in [5, 5.41) is 16.8. The summed E-state index contributed by atoms with van der Waals surface area (Å²) in [6.07, 6.45) is 2.35. The number of nitrogens with zero attached hydrogens (tertiary/aromatic N) is 5. The van der Waals surface area contributed by atoms with E-state index in [0.717, 1.165) is 30.5 Å². The Morgan fingerprint density at radius 2 is 2.36 bits per heavy atom. The van der Waals surface area contributed by atoms with Crippen LogP contribution in [0.15, 0.2) is 9.68 Å². The molecule has 0 aliphatic carbocycles. The van der Waals surface area contributed by atoms with Crippen LogP contribution in [0.25, 0.3) is 0 Å². The molecule has 1 saturated heterocycles. The molecule has 2 aromatic heterocycles. The predicted octanol–water partition coefficient (Wildman–Crippen LogP) is 1.10. The minimum atomic E-state index is 0.334. The number of hydrogen-bond acceptors (Lipinski definition) is 8. The van der Waals surface area contributed by atoms with Crippen molar-refractivity contribution in [1.29, 1.82) is 0 Å². The Kier molecular flexibility index (Phi) is 5.06. The lowest BCUT2D eigenvalue weighted by atomic mass is 9.99. The van der Waals surface area contributed by atoms with E-state index in [1.807, 2.05) is 7.05 Å². The molecule has 3 rings (SSSR count). The predicted molar refractivity (Wildman–Crippen MR) is 80.4 cm³/mol. The van der Waals surface area contributed by atoms with Crippen molar-refractivity contribution in [1.82, 2.24) is 30.2 Å². The standard InChI is InChI=1S/C13H20N6O2S/c1-19-12(9-4-3-5-14-6-9)16-17-13(19)22-8-10-15-11(7-20-2)21-18-10/h9,14H,3-8H2,1-2H3. The number of nitrogens with one attached hydrogen (secondary N) is 1. The first-order valence-corrected chi connectivity index (χ1v) is 8.29. The fourth-order valence-corrected chi connectivity index (χ4v) is 3.30. The summed E-state index contributed by atoms with van der Waals surface area (Å²) in [7, 11) is 3.61. The van der Waals surface area contributed by atoms with Crippen molar-refractivity contribution in [2.24, 2.45) is 7.05 Å². The van der Waals surface area contributed by atoms with Gasteiger partial charge < -0.3 is 19.1 Å². The molecule has 0 amide bonds. The van der Waals surface area contributed by atoms with Crippen molar-refractivity contribution < 1.29 is 9.26 Å². The molecule has 22 heavy (non-hydrogen) atoms. The molecule has 2 aromatic rings. The molecule has 1 fully saturated rings. The first kappa shape index (κ1) is 15.4. The Balaban J connectivity index is 1.61. The Morgan fingerprint density at radius 1 is 1.45 bits per heavy atom. The van der Waals surface area contributed by atoms with Gasteiger partial charge in [0.25, 0.3) is 5.89 Å². The minimum absolute atomic E-state index is 0.334. The number of piperidine rings is 1. The van der Waals surface area contributed by atoms with Crippen LogP contribution >= 0.6 is 11.8 Å². The Morgan fingerprint density at radius 3 is 3.14 bits per heavy atom. The smallest absolute Gasteiger partial charge is 0.252 e. The molecule has 0 bridgehead atoms. The van der Waals surface area contributed by atoms with E-state index in [9.17, 15) is 0 Å². The summed E-state index contributed by atoms with van der Waals surface area (Å²) in [5.41, 5.74) is 0. The molecule has 0 saturated carbocycles. The van der Waals surface area contributed by atoms with Crippen LogP contribution < -0.4 is 5.32 Å². The molecule has 1 atom stereocenters. The zero-order valence-electron chi connectivity index (χ0n) is 12.8. The van der Waals surface area contributed by atoms with E-state index in [4.69, 9.17) is 9.26 Å². The summed E-state index contributed by atoms with van der Waals surface area (Å²) in [4.78, 5) is 4.25. The lowest BCUT2D eigenvalue weighted by molar-refractivity contribution is 0.151. The highest BCUT2D eigenvalue weighted by atomic mass is 32.2. The van der Waals surface area contributed by atoms with Crippen LogP contribution in [-0.2, 0) is 24.1 Å². The van der Waals surface area contributed by atoms with E-state index >= 15 is 0 Å². The van der Waals surface area contributed by atoms with E-state index in [1.165, 1.54) is 6.42 Å². The van der Waals surface area contributed by atoms with E-state index in [1.54, 1.807) is 18.9 Å². The van der Waals surface area contributed by atoms with Crippen LogP contribution in [0.2, 0.25) is 0 Å². The van der Waals surface area contributed by atoms with E-state index in [-0.39, 0.29) is 0 Å². The Hall–Kier alpha value is -1.45. The maximum atomic E-state index is 5.07. The van der Waals surface area contributed by atoms with Crippen LogP contribution in [0, 0.1) is 0 Å². The number of thioether (sulfide) groups is 1. The molecule has 1 aliphatic rings. The van der Waals surface area contributed by atoms with Gasteiger partial charge in [-0.05, 0) is 19.4 Å². The molecule has 120 valence electrons. The lowest BCUT2D eigenvalue weighted by Gasteiger charge is -2.21. The van der Waals surface area contributed by atoms with Gasteiger partial charge in [0.2, 0.25) is 0 Å². The van der Waals surface area contributed by atoms with Gasteiger partial charge in [-0.3, -0.25) is 0 Å². The second-order valence-electron chi connectivity index (χ2n) is 5.27. The van der Waals surface area contributed by atoms with Crippen LogP contribution in [0.4, 0.5) is 0 Å². The zero-order chi connectivity index (χ0) is 15.4. The van der Waals surface area contributed by atoms with Crippen molar-refractivity contribution >= 4 is 11.8 Å². The third-order valence-electron chi connectivity index (χ3n) is 3.64. The molecule has 9 heteroatoms. The van der Waals surface area contributed by atoms with E-state index < -0.39 is 0 Å². The van der Waals surface area contributed by atoms with Crippen LogP contribution in [-0.4, -0.2) is 45.1 Å². The van der Waals surface area contributed by atoms with Crippen molar-refractivity contribution in [2.75, 3.05) is 20.2 Å². The number of methoxy groups -OCH3 is 1. The van der Waals surface area contributed by atoms with Gasteiger partial charge in [0.15, 0.2) is 11.0 Å². The number of ether oxygens (including phenoxy) is 1. The van der Waals surface area contributed by atoms with Crippen molar-refractivity contribution in [2.45, 2.75) is 36.3 Å². The maximum absolute atomic E-state index is 5.07. The van der Waals surface area contributed by atoms with Gasteiger partial charge in [-0.1, -0.05) is 16.9 Å². The highest BCUT2D eigenvalue weighted by Gasteiger charge is 2.22. The van der Waals surface area contributed by atoms with E-state index in [0.29, 0.717) is 30.0 Å². The molecule has 3 heterocycles. The second kappa shape index (κ2) is 7.21. The largest absolute Gasteiger partial charge is 0.375 e. The van der Waals surface area contributed by atoms with Gasteiger partial charge in [0.05, 0.1) is 5.75 Å². The molecule has 8 nitrogen and oxygen atoms in total. The third-order valence-corrected chi connectivity index (χ3v) is 4.66. The van der Waals surface area contributed by atoms with Crippen LogP contribution in [0.3, 0.4) is 0 Å². The van der Waals surface area contributed by atoms with E-state index in [2.05, 4.69) is 30.2 Å². The lowest BCUT2D eigenvalue weighted by Crippen LogP contribution is -2.29. The van der Waals surface area contributed by atoms with Gasteiger partial charge in [-0.15, -0.1) is 10.2 Å². The fraction of sp³-hybridized carbons (Fsp3) is 0.692. The molecule has 0 aromatic carbocycles. The number of aromatic nitrogens is 5. The molecule has 1 N–H and O–H groups in total. The summed E-state index contributed by atoms with van der Waals surface area (Å²) in [6, 6.07) is 0. The molecule has 0 spiro atoms. The van der Waals surface area contributed by atoms with Gasteiger partial charge in [-0.2, -0.15) is 4.98 Å². The molecular formula is C13H20N6O2S. The first-order chi connectivity index (χ1) is 10.8. The molecule has 1 aliphatic heterocycles. The highest BCUT2D eigenvalue weighted by molar-refractivity contribution is 7.98. The van der Waals surface area contributed by atoms with Crippen molar-refractivity contribution in [3.8, 4) is 0 Å². The Labute approximate surface area is 133 Å². The van der Waals surface area contributed by atoms with Gasteiger partial charge in [0.1, 0.15) is 12.4 Å². The first-order valence-electron chi connectivity index (χ1n) is 7.31. The average molecular weight is 324 g/mol. The minimum Gasteiger partial charge on any atom is -0.375 e. The monoisotopic (exact) mass is 324 g/mol. The second-order valence-corrected chi connectivity index (χ2v) is 6.21. The van der Waals surface area contributed by atoms with Gasteiger partial charge >= 0.3 is 0 Å². The topological polar surface area (TPSA) is 90.9 Å². The number of hydrogen-bond donors (Lipinski definition) is 1. The summed E-state index contributed by atoms with van der Waals surface area (Å²) in [5.74, 6) is 3.22. The normalized spacial score (nSPS) is 18.7. The summed E-state index contributed by atoms with van der Waals surface area (Å²) < 4.78 is 12.1. The van der Waals surface area contributed by atoms with Crippen molar-refractivity contribution in [3.05, 3.63) is 17.5 Å². The van der Waals surface area contributed by atoms with Crippen LogP contribution in [0.5, 0.6) is 0 Å². The Bertz CT molecular complexity index is 607. The molecule has 0 radical (unpaired) electrons. The van der Waals surface area contributed by atoms with Gasteiger partial charge in [0, 0.05) is 26.6 Å². The number of rotatable bonds is 6. The van der Waals surface area contributed by atoms with Gasteiger partial charge in [-0.25, -0.2) is 0 Å². The summed E-state index contributed by atoms with van der Waals surface area (Å²) in [6.45, 7) is 2.40. The fourth-order valence-electron chi connectivity index (χ4n) is 2.54. The maximum Gasteiger partial charge on any atom is 0.252 e. The van der Waals surface area contributed by atoms with Crippen molar-refractivity contribution in [3.63, 3.8) is 0 Å².